The Morgan fingerprint density at radius 1 is 1.26 bits per heavy atom. The number of halogens is 1. The van der Waals surface area contributed by atoms with E-state index in [4.69, 9.17) is 17.3 Å². The van der Waals surface area contributed by atoms with Gasteiger partial charge in [-0.1, -0.05) is 24.6 Å². The Labute approximate surface area is 121 Å². The quantitative estimate of drug-likeness (QED) is 0.920. The number of rotatable bonds is 4. The molecule has 3 nitrogen and oxygen atoms in total. The van der Waals surface area contributed by atoms with Crippen molar-refractivity contribution in [1.82, 2.24) is 4.90 Å². The second-order valence-corrected chi connectivity index (χ2v) is 5.80. The van der Waals surface area contributed by atoms with Gasteiger partial charge in [0.2, 0.25) is 0 Å². The smallest absolute Gasteiger partial charge is 0.0642 e. The summed E-state index contributed by atoms with van der Waals surface area (Å²) in [5, 5.41) is 0.850. The number of piperazine rings is 1. The number of benzene rings is 1. The van der Waals surface area contributed by atoms with Crippen molar-refractivity contribution in [3.8, 4) is 0 Å². The summed E-state index contributed by atoms with van der Waals surface area (Å²) in [6.45, 7) is 9.72. The molecular weight excluding hydrogens is 258 g/mol. The van der Waals surface area contributed by atoms with Crippen LogP contribution in [0.2, 0.25) is 5.02 Å². The molecule has 0 aliphatic carbocycles. The maximum absolute atomic E-state index is 6.42. The van der Waals surface area contributed by atoms with Crippen LogP contribution in [-0.4, -0.2) is 43.7 Å². The molecule has 1 aliphatic rings. The van der Waals surface area contributed by atoms with Crippen LogP contribution in [0.3, 0.4) is 0 Å². The van der Waals surface area contributed by atoms with Gasteiger partial charge in [-0.15, -0.1) is 0 Å². The highest BCUT2D eigenvalue weighted by Crippen LogP contribution is 2.28. The van der Waals surface area contributed by atoms with Crippen molar-refractivity contribution in [2.75, 3.05) is 37.6 Å². The molecule has 106 valence electrons. The van der Waals surface area contributed by atoms with Crippen LogP contribution in [0.1, 0.15) is 19.4 Å². The van der Waals surface area contributed by atoms with Crippen LogP contribution in [0, 0.1) is 0 Å². The lowest BCUT2D eigenvalue weighted by Crippen LogP contribution is -2.46. The van der Waals surface area contributed by atoms with Crippen molar-refractivity contribution in [2.24, 2.45) is 5.73 Å². The molecular formula is C15H24ClN3. The Hall–Kier alpha value is -0.770. The summed E-state index contributed by atoms with van der Waals surface area (Å²) in [5.41, 5.74) is 8.20. The number of hydrogen-bond donors (Lipinski definition) is 1. The molecule has 1 aliphatic heterocycles. The van der Waals surface area contributed by atoms with Crippen LogP contribution < -0.4 is 10.6 Å². The van der Waals surface area contributed by atoms with Gasteiger partial charge in [0.25, 0.3) is 0 Å². The van der Waals surface area contributed by atoms with Crippen LogP contribution in [0.25, 0.3) is 0 Å². The van der Waals surface area contributed by atoms with Gasteiger partial charge >= 0.3 is 0 Å². The number of likely N-dealkylation sites (N-methyl/N-ethyl adjacent to an activating group) is 1. The minimum atomic E-state index is 0.176. The molecule has 0 spiro atoms. The maximum Gasteiger partial charge on any atom is 0.0642 e. The van der Waals surface area contributed by atoms with Crippen molar-refractivity contribution in [3.63, 3.8) is 0 Å². The van der Waals surface area contributed by atoms with Crippen molar-refractivity contribution in [1.29, 1.82) is 0 Å². The van der Waals surface area contributed by atoms with Gasteiger partial charge in [0.1, 0.15) is 0 Å². The number of nitrogens with two attached hydrogens (primary N) is 1. The monoisotopic (exact) mass is 281 g/mol. The van der Waals surface area contributed by atoms with E-state index in [0.717, 1.165) is 49.9 Å². The molecule has 1 aromatic carbocycles. The Kier molecular flexibility index (Phi) is 5.08. The number of hydrogen-bond acceptors (Lipinski definition) is 3. The third kappa shape index (κ3) is 3.85. The zero-order valence-electron chi connectivity index (χ0n) is 11.9. The van der Waals surface area contributed by atoms with E-state index in [1.54, 1.807) is 0 Å². The maximum atomic E-state index is 6.42. The molecule has 1 heterocycles. The number of anilines is 1. The lowest BCUT2D eigenvalue weighted by molar-refractivity contribution is 0.271. The second kappa shape index (κ2) is 6.60. The first-order valence-electron chi connectivity index (χ1n) is 7.11. The van der Waals surface area contributed by atoms with E-state index in [9.17, 15) is 0 Å². The van der Waals surface area contributed by atoms with Crippen LogP contribution in [0.5, 0.6) is 0 Å². The summed E-state index contributed by atoms with van der Waals surface area (Å²) in [6, 6.07) is 6.53. The van der Waals surface area contributed by atoms with Gasteiger partial charge in [0.15, 0.2) is 0 Å². The third-order valence-corrected chi connectivity index (χ3v) is 4.03. The highest BCUT2D eigenvalue weighted by Gasteiger charge is 2.17. The fourth-order valence-corrected chi connectivity index (χ4v) is 2.93. The van der Waals surface area contributed by atoms with Gasteiger partial charge < -0.3 is 15.5 Å². The van der Waals surface area contributed by atoms with Crippen LogP contribution in [0.4, 0.5) is 5.69 Å². The van der Waals surface area contributed by atoms with Gasteiger partial charge in [-0.2, -0.15) is 0 Å². The van der Waals surface area contributed by atoms with E-state index in [1.807, 2.05) is 6.92 Å². The normalized spacial score (nSPS) is 18.6. The largest absolute Gasteiger partial charge is 0.368 e. The molecule has 4 heteroatoms. The summed E-state index contributed by atoms with van der Waals surface area (Å²) >= 11 is 6.42. The zero-order chi connectivity index (χ0) is 13.8. The minimum Gasteiger partial charge on any atom is -0.368 e. The van der Waals surface area contributed by atoms with Gasteiger partial charge in [-0.25, -0.2) is 0 Å². The Bertz CT molecular complexity index is 412. The van der Waals surface area contributed by atoms with Crippen LogP contribution in [0.15, 0.2) is 18.2 Å². The van der Waals surface area contributed by atoms with Crippen LogP contribution >= 0.6 is 11.6 Å². The minimum absolute atomic E-state index is 0.176. The Balaban J connectivity index is 2.05. The summed E-state index contributed by atoms with van der Waals surface area (Å²) in [7, 11) is 0. The van der Waals surface area contributed by atoms with E-state index in [-0.39, 0.29) is 6.04 Å². The molecule has 0 bridgehead atoms. The Morgan fingerprint density at radius 2 is 1.95 bits per heavy atom. The predicted octanol–water partition coefficient (Wildman–Crippen LogP) is 2.37. The van der Waals surface area contributed by atoms with Crippen molar-refractivity contribution >= 4 is 17.3 Å². The molecule has 1 atom stereocenters. The van der Waals surface area contributed by atoms with E-state index >= 15 is 0 Å². The van der Waals surface area contributed by atoms with Gasteiger partial charge in [0, 0.05) is 32.2 Å². The van der Waals surface area contributed by atoms with Gasteiger partial charge in [-0.05, 0) is 37.6 Å². The molecule has 2 rings (SSSR count). The molecule has 1 unspecified atom stereocenters. The van der Waals surface area contributed by atoms with E-state index in [2.05, 4.69) is 34.9 Å². The molecule has 0 amide bonds. The van der Waals surface area contributed by atoms with E-state index in [0.29, 0.717) is 0 Å². The van der Waals surface area contributed by atoms with Crippen molar-refractivity contribution in [2.45, 2.75) is 26.3 Å². The molecule has 0 radical (unpaired) electrons. The average Bonchev–Trinajstić information content (AvgIpc) is 2.38. The average molecular weight is 282 g/mol. The third-order valence-electron chi connectivity index (χ3n) is 3.73. The molecule has 1 fully saturated rings. The first-order chi connectivity index (χ1) is 9.10. The van der Waals surface area contributed by atoms with E-state index in [1.165, 1.54) is 5.56 Å². The lowest BCUT2D eigenvalue weighted by atomic mass is 10.1. The fourth-order valence-electron chi connectivity index (χ4n) is 2.61. The zero-order valence-corrected chi connectivity index (χ0v) is 12.7. The summed E-state index contributed by atoms with van der Waals surface area (Å²) < 4.78 is 0. The topological polar surface area (TPSA) is 32.5 Å². The second-order valence-electron chi connectivity index (χ2n) is 5.39. The lowest BCUT2D eigenvalue weighted by Gasteiger charge is -2.36. The molecule has 0 aromatic heterocycles. The Morgan fingerprint density at radius 3 is 2.47 bits per heavy atom. The van der Waals surface area contributed by atoms with Gasteiger partial charge in [0.05, 0.1) is 10.7 Å². The summed E-state index contributed by atoms with van der Waals surface area (Å²) in [6.07, 6.45) is 0.879. The molecule has 19 heavy (non-hydrogen) atoms. The summed E-state index contributed by atoms with van der Waals surface area (Å²) in [4.78, 5) is 4.85. The molecule has 1 aromatic rings. The fraction of sp³-hybridized carbons (Fsp3) is 0.600. The highest BCUT2D eigenvalue weighted by molar-refractivity contribution is 6.33. The SMILES string of the molecule is CCN1CCN(c2ccc(CC(C)N)cc2Cl)CC1. The summed E-state index contributed by atoms with van der Waals surface area (Å²) in [5.74, 6) is 0. The predicted molar refractivity (Wildman–Crippen MR) is 83.1 cm³/mol. The van der Waals surface area contributed by atoms with E-state index < -0.39 is 0 Å². The highest BCUT2D eigenvalue weighted by atomic mass is 35.5. The first kappa shape index (κ1) is 14.6. The standard InChI is InChI=1S/C15H24ClN3/c1-3-18-6-8-19(9-7-18)15-5-4-13(10-12(2)17)11-14(15)16/h4-5,11-12H,3,6-10,17H2,1-2H3. The number of nitrogens with zero attached hydrogens (tertiary/aromatic N) is 2. The van der Waals surface area contributed by atoms with Gasteiger partial charge in [-0.3, -0.25) is 0 Å². The van der Waals surface area contributed by atoms with Crippen LogP contribution in [-0.2, 0) is 6.42 Å². The van der Waals surface area contributed by atoms with Crippen molar-refractivity contribution in [3.05, 3.63) is 28.8 Å². The van der Waals surface area contributed by atoms with Crippen molar-refractivity contribution < 1.29 is 0 Å². The molecule has 2 N–H and O–H groups in total. The molecule has 0 saturated carbocycles. The first-order valence-corrected chi connectivity index (χ1v) is 7.49. The molecule has 1 saturated heterocycles.